The summed E-state index contributed by atoms with van der Waals surface area (Å²) in [5, 5.41) is 51.2. The summed E-state index contributed by atoms with van der Waals surface area (Å²) in [7, 11) is 0. The first-order chi connectivity index (χ1) is 25.6. The number of hydrogen-bond donors (Lipinski definition) is 4. The molecule has 0 bridgehead atoms. The number of carbonyl (C=O) groups is 4. The van der Waals surface area contributed by atoms with Gasteiger partial charge in [-0.3, -0.25) is 9.59 Å². The van der Waals surface area contributed by atoms with Gasteiger partial charge in [-0.05, 0) is 70.7 Å². The van der Waals surface area contributed by atoms with E-state index >= 15 is 0 Å². The van der Waals surface area contributed by atoms with Crippen LogP contribution in [0.4, 0.5) is 9.59 Å². The van der Waals surface area contributed by atoms with Crippen LogP contribution in [0, 0.1) is 0 Å². The van der Waals surface area contributed by atoms with Crippen LogP contribution >= 0.6 is 35.3 Å². The van der Waals surface area contributed by atoms with Crippen molar-refractivity contribution in [2.75, 3.05) is 31.9 Å². The van der Waals surface area contributed by atoms with Gasteiger partial charge in [0.05, 0.1) is 13.0 Å². The van der Waals surface area contributed by atoms with Gasteiger partial charge in [0, 0.05) is 54.8 Å². The topological polar surface area (TPSA) is 261 Å². The highest BCUT2D eigenvalue weighted by atomic mass is 32.2. The number of imidazole rings is 1. The van der Waals surface area contributed by atoms with E-state index in [9.17, 15) is 19.2 Å². The van der Waals surface area contributed by atoms with Gasteiger partial charge in [0.2, 0.25) is 10.3 Å². The molecular weight excluding hydrogens is 753 g/mol. The number of hydrogen-bond acceptors (Lipinski definition) is 15. The molecule has 4 N–H and O–H groups in total. The second-order valence-corrected chi connectivity index (χ2v) is 15.4. The number of benzene rings is 1. The van der Waals surface area contributed by atoms with Crippen LogP contribution in [0.25, 0.3) is 0 Å². The standard InChI is InChI=1S/C21H25N7O4S2.C9H13N5O4S/c29-18(30)7-13-28-20(24-25-26-28)34-17-5-11-27(12-6-17)21(31)32-16-3-1-15(2-4-16)8-14-33-19-22-9-10-23-19;15-7(16)5-14-8(10-11-12-14)19-6-1-3-13(4-2-6)9(17)18/h1-4,9-10,17H,5-8,11-14H2,(H,22,23)(H,29,30);6H,1-5H2,(H,15,16)(H,17,18). The highest BCUT2D eigenvalue weighted by Gasteiger charge is 2.27. The van der Waals surface area contributed by atoms with Crippen LogP contribution < -0.4 is 4.74 Å². The molecule has 1 aromatic carbocycles. The fourth-order valence-corrected chi connectivity index (χ4v) is 8.18. The maximum atomic E-state index is 12.6. The van der Waals surface area contributed by atoms with E-state index in [0.29, 0.717) is 55.1 Å². The molecule has 3 aromatic heterocycles. The van der Waals surface area contributed by atoms with Gasteiger partial charge in [0.25, 0.3) is 0 Å². The summed E-state index contributed by atoms with van der Waals surface area (Å²) in [6.07, 6.45) is 6.11. The molecule has 2 aliphatic rings. The monoisotopic (exact) mass is 790 g/mol. The van der Waals surface area contributed by atoms with Gasteiger partial charge in [0.1, 0.15) is 12.3 Å². The van der Waals surface area contributed by atoms with E-state index < -0.39 is 18.0 Å². The van der Waals surface area contributed by atoms with E-state index in [1.165, 1.54) is 43.4 Å². The Labute approximate surface area is 315 Å². The summed E-state index contributed by atoms with van der Waals surface area (Å²) in [5.74, 6) is -0.459. The third-order valence-electron chi connectivity index (χ3n) is 8.01. The Morgan fingerprint density at radius 1 is 0.811 bits per heavy atom. The number of aliphatic carboxylic acids is 2. The lowest BCUT2D eigenvalue weighted by Gasteiger charge is -2.30. The molecule has 2 saturated heterocycles. The van der Waals surface area contributed by atoms with E-state index in [0.717, 1.165) is 30.2 Å². The molecule has 284 valence electrons. The van der Waals surface area contributed by atoms with E-state index in [1.807, 2.05) is 30.5 Å². The molecule has 23 heteroatoms. The second-order valence-electron chi connectivity index (χ2n) is 11.7. The number of carboxylic acid groups (broad SMARTS) is 3. The van der Waals surface area contributed by atoms with Crippen LogP contribution in [0.2, 0.25) is 0 Å². The fraction of sp³-hybridized carbons (Fsp3) is 0.500. The summed E-state index contributed by atoms with van der Waals surface area (Å²) in [6, 6.07) is 7.60. The number of tetrazole rings is 2. The SMILES string of the molecule is O=C(O)CCn1nnnc1SC1CCN(C(=O)Oc2ccc(CCSc3ncc[nH]3)cc2)CC1.O=C(O)Cn1nnnc1SC1CCN(C(=O)O)CC1. The first kappa shape index (κ1) is 39.3. The van der Waals surface area contributed by atoms with E-state index in [-0.39, 0.29) is 36.1 Å². The van der Waals surface area contributed by atoms with Crippen molar-refractivity contribution in [3.05, 3.63) is 42.2 Å². The Morgan fingerprint density at radius 3 is 1.98 bits per heavy atom. The number of thioether (sulfide) groups is 3. The molecule has 20 nitrogen and oxygen atoms in total. The van der Waals surface area contributed by atoms with E-state index in [1.54, 1.807) is 22.9 Å². The van der Waals surface area contributed by atoms with Crippen molar-refractivity contribution in [3.63, 3.8) is 0 Å². The molecule has 0 atom stereocenters. The predicted octanol–water partition coefficient (Wildman–Crippen LogP) is 2.95. The maximum absolute atomic E-state index is 12.6. The lowest BCUT2D eigenvalue weighted by Crippen LogP contribution is -2.41. The van der Waals surface area contributed by atoms with Gasteiger partial charge < -0.3 is 34.8 Å². The minimum Gasteiger partial charge on any atom is -0.481 e. The molecule has 0 radical (unpaired) electrons. The number of nitrogens with one attached hydrogen (secondary N) is 1. The number of likely N-dealkylation sites (tertiary alicyclic amines) is 2. The number of aryl methyl sites for hydroxylation is 2. The van der Waals surface area contributed by atoms with Crippen molar-refractivity contribution in [3.8, 4) is 5.75 Å². The summed E-state index contributed by atoms with van der Waals surface area (Å²) in [6.45, 7) is 2.08. The van der Waals surface area contributed by atoms with Crippen molar-refractivity contribution >= 4 is 59.4 Å². The Balaban J connectivity index is 0.000000241. The van der Waals surface area contributed by atoms with Gasteiger partial charge in [-0.2, -0.15) is 0 Å². The summed E-state index contributed by atoms with van der Waals surface area (Å²) in [4.78, 5) is 55.1. The predicted molar refractivity (Wildman–Crippen MR) is 190 cm³/mol. The lowest BCUT2D eigenvalue weighted by atomic mass is 10.1. The number of piperidine rings is 2. The number of nitrogens with zero attached hydrogens (tertiary/aromatic N) is 11. The Morgan fingerprint density at radius 2 is 1.42 bits per heavy atom. The quantitative estimate of drug-likeness (QED) is 0.134. The summed E-state index contributed by atoms with van der Waals surface area (Å²) in [5.41, 5.74) is 1.17. The highest BCUT2D eigenvalue weighted by Crippen LogP contribution is 2.30. The average molecular weight is 791 g/mol. The molecule has 0 saturated carbocycles. The summed E-state index contributed by atoms with van der Waals surface area (Å²) < 4.78 is 8.30. The minimum atomic E-state index is -1.00. The molecule has 0 aliphatic carbocycles. The smallest absolute Gasteiger partial charge is 0.415 e. The van der Waals surface area contributed by atoms with E-state index in [2.05, 4.69) is 41.0 Å². The number of carbonyl (C=O) groups excluding carboxylic acids is 1. The van der Waals surface area contributed by atoms with Gasteiger partial charge >= 0.3 is 24.1 Å². The molecule has 53 heavy (non-hydrogen) atoms. The molecule has 2 fully saturated rings. The van der Waals surface area contributed by atoms with Crippen molar-refractivity contribution in [1.29, 1.82) is 0 Å². The van der Waals surface area contributed by atoms with Gasteiger partial charge in [-0.15, -0.1) is 10.2 Å². The van der Waals surface area contributed by atoms with Crippen LogP contribution in [0.1, 0.15) is 37.7 Å². The molecule has 6 rings (SSSR count). The van der Waals surface area contributed by atoms with Crippen LogP contribution in [-0.4, -0.2) is 142 Å². The number of aromatic nitrogens is 10. The number of amides is 2. The highest BCUT2D eigenvalue weighted by molar-refractivity contribution is 8.00. The lowest BCUT2D eigenvalue weighted by molar-refractivity contribution is -0.138. The first-order valence-electron chi connectivity index (χ1n) is 16.6. The van der Waals surface area contributed by atoms with Crippen molar-refractivity contribution in [2.45, 2.75) is 77.6 Å². The molecular formula is C30H38N12O8S3. The summed E-state index contributed by atoms with van der Waals surface area (Å²) >= 11 is 4.58. The average Bonchev–Trinajstić information content (AvgIpc) is 3.93. The van der Waals surface area contributed by atoms with E-state index in [4.69, 9.17) is 20.1 Å². The zero-order valence-electron chi connectivity index (χ0n) is 28.3. The third-order valence-corrected chi connectivity index (χ3v) is 11.5. The van der Waals surface area contributed by atoms with Crippen LogP contribution in [0.15, 0.2) is 52.1 Å². The number of carboxylic acids is 2. The van der Waals surface area contributed by atoms with Crippen molar-refractivity contribution in [1.82, 2.24) is 60.2 Å². The molecule has 0 unspecified atom stereocenters. The maximum Gasteiger partial charge on any atom is 0.415 e. The first-order valence-corrected chi connectivity index (χ1v) is 19.3. The molecule has 4 aromatic rings. The van der Waals surface area contributed by atoms with Crippen LogP contribution in [0.3, 0.4) is 0 Å². The Bertz CT molecular complexity index is 1780. The number of H-pyrrole nitrogens is 1. The normalized spacial score (nSPS) is 15.1. The second kappa shape index (κ2) is 19.8. The zero-order valence-corrected chi connectivity index (χ0v) is 30.8. The van der Waals surface area contributed by atoms with Gasteiger partial charge in [-0.25, -0.2) is 23.9 Å². The molecule has 5 heterocycles. The third kappa shape index (κ3) is 12.6. The zero-order chi connectivity index (χ0) is 37.6. The molecule has 2 amide bonds. The fourth-order valence-electron chi connectivity index (χ4n) is 5.24. The molecule has 0 spiro atoms. The van der Waals surface area contributed by atoms with Crippen LogP contribution in [0.5, 0.6) is 5.75 Å². The number of ether oxygens (including phenoxy) is 1. The number of aromatic amines is 1. The largest absolute Gasteiger partial charge is 0.481 e. The number of rotatable bonds is 14. The van der Waals surface area contributed by atoms with Crippen LogP contribution in [-0.2, 0) is 29.1 Å². The molecule has 2 aliphatic heterocycles. The minimum absolute atomic E-state index is 0.0340. The Hall–Kier alpha value is -4.90. The van der Waals surface area contributed by atoms with Gasteiger partial charge in [0.15, 0.2) is 5.16 Å². The van der Waals surface area contributed by atoms with Crippen molar-refractivity contribution < 1.29 is 39.2 Å². The van der Waals surface area contributed by atoms with Crippen molar-refractivity contribution in [2.24, 2.45) is 0 Å². The Kier molecular flexibility index (Phi) is 14.7. The van der Waals surface area contributed by atoms with Gasteiger partial charge in [-0.1, -0.05) is 47.4 Å².